The van der Waals surface area contributed by atoms with Crippen LogP contribution in [0.4, 0.5) is 4.79 Å². The summed E-state index contributed by atoms with van der Waals surface area (Å²) in [5.41, 5.74) is 1.25. The molecule has 0 aliphatic heterocycles. The fourth-order valence-electron chi connectivity index (χ4n) is 2.92. The van der Waals surface area contributed by atoms with Crippen LogP contribution in [0.2, 0.25) is 0 Å². The van der Waals surface area contributed by atoms with Gasteiger partial charge in [-0.2, -0.15) is 0 Å². The van der Waals surface area contributed by atoms with E-state index in [1.807, 2.05) is 45.0 Å². The van der Waals surface area contributed by atoms with Crippen molar-refractivity contribution in [3.8, 4) is 11.4 Å². The van der Waals surface area contributed by atoms with E-state index in [1.165, 1.54) is 0 Å². The van der Waals surface area contributed by atoms with Gasteiger partial charge in [0.25, 0.3) is 0 Å². The van der Waals surface area contributed by atoms with Crippen LogP contribution >= 0.6 is 0 Å². The van der Waals surface area contributed by atoms with Gasteiger partial charge in [-0.05, 0) is 33.3 Å². The second-order valence-electron chi connectivity index (χ2n) is 9.37. The van der Waals surface area contributed by atoms with Gasteiger partial charge in [-0.3, -0.25) is 4.79 Å². The molecule has 0 saturated carbocycles. The number of alkyl carbamates (subject to hydrolysis) is 1. The summed E-state index contributed by atoms with van der Waals surface area (Å²) in [6.45, 7) is 11.2. The van der Waals surface area contributed by atoms with E-state index in [1.54, 1.807) is 6.92 Å². The van der Waals surface area contributed by atoms with E-state index in [0.717, 1.165) is 11.1 Å². The molecule has 0 aliphatic carbocycles. The number of carbonyl (C=O) groups excluding carboxylic acids is 2. The Balaban J connectivity index is 1.36. The Hall–Kier alpha value is -3.26. The van der Waals surface area contributed by atoms with E-state index in [9.17, 15) is 9.59 Å². The molecule has 0 saturated heterocycles. The standard InChI is InChI=1S/C26H40N6O7/c1-20-29-31-24(32-30-20)22-7-5-21(6-8-22)19-28-23(33)9-11-35-13-15-37-17-18-38-16-14-36-12-10-27-25(34)39-26(2,3)4/h5-8H,9-19H2,1-4H3,(H,27,34)(H,28,33). The Bertz CT molecular complexity index is 968. The smallest absolute Gasteiger partial charge is 0.407 e. The molecule has 0 unspecified atom stereocenters. The van der Waals surface area contributed by atoms with Crippen LogP contribution in [-0.2, 0) is 35.0 Å². The highest BCUT2D eigenvalue weighted by Gasteiger charge is 2.15. The van der Waals surface area contributed by atoms with Gasteiger partial charge in [0.2, 0.25) is 11.7 Å². The number of hydrogen-bond acceptors (Lipinski definition) is 11. The van der Waals surface area contributed by atoms with Crippen LogP contribution in [0.25, 0.3) is 11.4 Å². The van der Waals surface area contributed by atoms with Crippen molar-refractivity contribution in [2.45, 2.75) is 46.3 Å². The predicted molar refractivity (Wildman–Crippen MR) is 142 cm³/mol. The van der Waals surface area contributed by atoms with Crippen LogP contribution < -0.4 is 10.6 Å². The summed E-state index contributed by atoms with van der Waals surface area (Å²) in [4.78, 5) is 23.5. The zero-order valence-electron chi connectivity index (χ0n) is 23.2. The minimum Gasteiger partial charge on any atom is -0.444 e. The van der Waals surface area contributed by atoms with E-state index in [0.29, 0.717) is 77.6 Å². The number of nitrogens with zero attached hydrogens (tertiary/aromatic N) is 4. The van der Waals surface area contributed by atoms with Gasteiger partial charge in [0.1, 0.15) is 5.60 Å². The summed E-state index contributed by atoms with van der Waals surface area (Å²) in [5.74, 6) is 0.881. The molecule has 2 rings (SSSR count). The number of carbonyl (C=O) groups is 2. The lowest BCUT2D eigenvalue weighted by molar-refractivity contribution is -0.122. The third-order valence-electron chi connectivity index (χ3n) is 4.78. The average molecular weight is 549 g/mol. The Morgan fingerprint density at radius 3 is 1.85 bits per heavy atom. The molecule has 0 aliphatic rings. The number of nitrogens with one attached hydrogen (secondary N) is 2. The third-order valence-corrected chi connectivity index (χ3v) is 4.78. The Kier molecular flexibility index (Phi) is 14.8. The molecule has 0 radical (unpaired) electrons. The highest BCUT2D eigenvalue weighted by Crippen LogP contribution is 2.14. The van der Waals surface area contributed by atoms with E-state index in [2.05, 4.69) is 31.0 Å². The number of ether oxygens (including phenoxy) is 5. The molecule has 2 N–H and O–H groups in total. The molecule has 0 fully saturated rings. The molecule has 0 spiro atoms. The zero-order chi connectivity index (χ0) is 28.3. The van der Waals surface area contributed by atoms with Crippen LogP contribution in [0.1, 0.15) is 38.6 Å². The van der Waals surface area contributed by atoms with Crippen LogP contribution in [0.3, 0.4) is 0 Å². The first-order chi connectivity index (χ1) is 18.7. The highest BCUT2D eigenvalue weighted by molar-refractivity contribution is 5.76. The van der Waals surface area contributed by atoms with Crippen LogP contribution in [0.15, 0.2) is 24.3 Å². The molecule has 13 nitrogen and oxygen atoms in total. The van der Waals surface area contributed by atoms with Crippen molar-refractivity contribution in [3.63, 3.8) is 0 Å². The summed E-state index contributed by atoms with van der Waals surface area (Å²) in [6, 6.07) is 7.53. The van der Waals surface area contributed by atoms with Crippen molar-refractivity contribution in [2.24, 2.45) is 0 Å². The van der Waals surface area contributed by atoms with Gasteiger partial charge in [0, 0.05) is 25.1 Å². The summed E-state index contributed by atoms with van der Waals surface area (Å²) in [7, 11) is 0. The maximum atomic E-state index is 12.0. The quantitative estimate of drug-likeness (QED) is 0.262. The summed E-state index contributed by atoms with van der Waals surface area (Å²) < 4.78 is 26.8. The number of rotatable bonds is 18. The Labute approximate surface area is 229 Å². The van der Waals surface area contributed by atoms with E-state index >= 15 is 0 Å². The van der Waals surface area contributed by atoms with Crippen molar-refractivity contribution in [2.75, 3.05) is 59.4 Å². The lowest BCUT2D eigenvalue weighted by Gasteiger charge is -2.19. The molecule has 1 aromatic heterocycles. The van der Waals surface area contributed by atoms with Crippen molar-refractivity contribution in [3.05, 3.63) is 35.7 Å². The number of amides is 2. The minimum atomic E-state index is -0.518. The second-order valence-corrected chi connectivity index (χ2v) is 9.37. The van der Waals surface area contributed by atoms with Crippen molar-refractivity contribution in [1.29, 1.82) is 0 Å². The highest BCUT2D eigenvalue weighted by atomic mass is 16.6. The minimum absolute atomic E-state index is 0.0912. The molecule has 216 valence electrons. The maximum absolute atomic E-state index is 12.0. The number of aromatic nitrogens is 4. The normalized spacial score (nSPS) is 11.3. The average Bonchev–Trinajstić information content (AvgIpc) is 2.89. The molecule has 13 heteroatoms. The molecule has 2 amide bonds. The van der Waals surface area contributed by atoms with Gasteiger partial charge in [-0.15, -0.1) is 20.4 Å². The molecular formula is C26H40N6O7. The van der Waals surface area contributed by atoms with Gasteiger partial charge < -0.3 is 34.3 Å². The maximum Gasteiger partial charge on any atom is 0.407 e. The van der Waals surface area contributed by atoms with Gasteiger partial charge in [0.15, 0.2) is 5.82 Å². The van der Waals surface area contributed by atoms with E-state index in [4.69, 9.17) is 23.7 Å². The summed E-state index contributed by atoms with van der Waals surface area (Å²) >= 11 is 0. The molecule has 39 heavy (non-hydrogen) atoms. The predicted octanol–water partition coefficient (Wildman–Crippen LogP) is 1.84. The van der Waals surface area contributed by atoms with Gasteiger partial charge >= 0.3 is 6.09 Å². The van der Waals surface area contributed by atoms with Crippen LogP contribution in [0.5, 0.6) is 0 Å². The van der Waals surface area contributed by atoms with Crippen LogP contribution in [0, 0.1) is 6.92 Å². The molecule has 2 aromatic rings. The molecule has 1 aromatic carbocycles. The first-order valence-electron chi connectivity index (χ1n) is 12.9. The first-order valence-corrected chi connectivity index (χ1v) is 12.9. The number of benzene rings is 1. The van der Waals surface area contributed by atoms with Gasteiger partial charge in [0.05, 0.1) is 52.9 Å². The van der Waals surface area contributed by atoms with Gasteiger partial charge in [-0.25, -0.2) is 4.79 Å². The topological polar surface area (TPSA) is 156 Å². The number of aryl methyl sites for hydroxylation is 1. The number of hydrogen-bond donors (Lipinski definition) is 2. The van der Waals surface area contributed by atoms with E-state index in [-0.39, 0.29) is 12.3 Å². The Morgan fingerprint density at radius 1 is 0.744 bits per heavy atom. The monoisotopic (exact) mass is 548 g/mol. The fraction of sp³-hybridized carbons (Fsp3) is 0.615. The summed E-state index contributed by atoms with van der Waals surface area (Å²) in [5, 5.41) is 21.3. The zero-order valence-corrected chi connectivity index (χ0v) is 23.2. The third kappa shape index (κ3) is 15.7. The van der Waals surface area contributed by atoms with Crippen molar-refractivity contribution in [1.82, 2.24) is 31.0 Å². The van der Waals surface area contributed by atoms with Crippen LogP contribution in [-0.4, -0.2) is 97.4 Å². The Morgan fingerprint density at radius 2 is 1.28 bits per heavy atom. The lowest BCUT2D eigenvalue weighted by Crippen LogP contribution is -2.34. The molecule has 0 atom stereocenters. The van der Waals surface area contributed by atoms with Crippen molar-refractivity contribution < 1.29 is 33.3 Å². The van der Waals surface area contributed by atoms with Crippen molar-refractivity contribution >= 4 is 12.0 Å². The first kappa shape index (κ1) is 32.0. The summed E-state index contributed by atoms with van der Waals surface area (Å²) in [6.07, 6.45) is -0.195. The fourth-order valence-corrected chi connectivity index (χ4v) is 2.92. The SMILES string of the molecule is Cc1nnc(-c2ccc(CNC(=O)CCOCCOCCOCCOCCNC(=O)OC(C)(C)C)cc2)nn1. The molecular weight excluding hydrogens is 508 g/mol. The molecule has 1 heterocycles. The lowest BCUT2D eigenvalue weighted by atomic mass is 10.1. The van der Waals surface area contributed by atoms with Gasteiger partial charge in [-0.1, -0.05) is 24.3 Å². The van der Waals surface area contributed by atoms with E-state index < -0.39 is 11.7 Å². The largest absolute Gasteiger partial charge is 0.444 e. The molecule has 0 bridgehead atoms. The second kappa shape index (κ2) is 18.1.